The Labute approximate surface area is 114 Å². The Balaban J connectivity index is 2.13. The molecule has 0 spiro atoms. The van der Waals surface area contributed by atoms with E-state index in [4.69, 9.17) is 29.0 Å². The average Bonchev–Trinajstić information content (AvgIpc) is 2.73. The number of hydrogen-bond acceptors (Lipinski definition) is 3. The Morgan fingerprint density at radius 3 is 2.35 bits per heavy atom. The second-order valence-corrected chi connectivity index (χ2v) is 5.92. The van der Waals surface area contributed by atoms with Crippen LogP contribution in [-0.4, -0.2) is 0 Å². The molecule has 0 aliphatic carbocycles. The van der Waals surface area contributed by atoms with Gasteiger partial charge in [0.15, 0.2) is 0 Å². The summed E-state index contributed by atoms with van der Waals surface area (Å²) in [5.74, 6) is 5.59. The van der Waals surface area contributed by atoms with Gasteiger partial charge in [0, 0.05) is 16.3 Å². The molecule has 90 valence electrons. The molecule has 0 saturated heterocycles. The van der Waals surface area contributed by atoms with Crippen LogP contribution in [0.15, 0.2) is 36.4 Å². The molecule has 0 radical (unpaired) electrons. The fraction of sp³-hybridized carbons (Fsp3) is 0.167. The molecular weight excluding hydrogens is 275 g/mol. The zero-order valence-electron chi connectivity index (χ0n) is 8.99. The van der Waals surface area contributed by atoms with Gasteiger partial charge in [-0.1, -0.05) is 35.3 Å². The van der Waals surface area contributed by atoms with Gasteiger partial charge in [-0.2, -0.15) is 0 Å². The van der Waals surface area contributed by atoms with Gasteiger partial charge >= 0.3 is 0 Å². The first-order chi connectivity index (χ1) is 8.19. The number of nitrogens with one attached hydrogen (secondary N) is 1. The highest BCUT2D eigenvalue weighted by molar-refractivity contribution is 7.16. The molecule has 2 nitrogen and oxygen atoms in total. The van der Waals surface area contributed by atoms with Crippen LogP contribution in [0.2, 0.25) is 9.36 Å². The lowest BCUT2D eigenvalue weighted by Gasteiger charge is -2.15. The molecule has 5 heteroatoms. The lowest BCUT2D eigenvalue weighted by molar-refractivity contribution is 0.555. The zero-order chi connectivity index (χ0) is 12.3. The maximum absolute atomic E-state index is 5.90. The predicted octanol–water partition coefficient (Wildman–Crippen LogP) is 3.80. The van der Waals surface area contributed by atoms with Gasteiger partial charge in [-0.3, -0.25) is 11.3 Å². The molecule has 1 aromatic carbocycles. The molecule has 1 unspecified atom stereocenters. The molecule has 3 N–H and O–H groups in total. The molecule has 1 heterocycles. The Kier molecular flexibility index (Phi) is 4.42. The Bertz CT molecular complexity index is 482. The summed E-state index contributed by atoms with van der Waals surface area (Å²) < 4.78 is 0.798. The first-order valence-electron chi connectivity index (χ1n) is 5.15. The second-order valence-electron chi connectivity index (χ2n) is 3.68. The molecular formula is C12H12Cl2N2S. The van der Waals surface area contributed by atoms with Crippen LogP contribution in [0.25, 0.3) is 0 Å². The number of benzene rings is 1. The van der Waals surface area contributed by atoms with E-state index < -0.39 is 0 Å². The van der Waals surface area contributed by atoms with Crippen molar-refractivity contribution >= 4 is 34.5 Å². The van der Waals surface area contributed by atoms with Crippen LogP contribution in [0.5, 0.6) is 0 Å². The van der Waals surface area contributed by atoms with Crippen molar-refractivity contribution in [2.45, 2.75) is 12.5 Å². The Morgan fingerprint density at radius 1 is 1.12 bits per heavy atom. The van der Waals surface area contributed by atoms with Crippen molar-refractivity contribution in [3.63, 3.8) is 0 Å². The van der Waals surface area contributed by atoms with Crippen molar-refractivity contribution in [3.8, 4) is 0 Å². The minimum absolute atomic E-state index is 0.0713. The van der Waals surface area contributed by atoms with Gasteiger partial charge in [-0.15, -0.1) is 11.3 Å². The summed E-state index contributed by atoms with van der Waals surface area (Å²) in [5, 5.41) is 0.726. The lowest BCUT2D eigenvalue weighted by atomic mass is 10.0. The molecule has 2 aromatic rings. The first kappa shape index (κ1) is 12.9. The van der Waals surface area contributed by atoms with Crippen LogP contribution in [0.3, 0.4) is 0 Å². The summed E-state index contributed by atoms with van der Waals surface area (Å²) >= 11 is 13.3. The maximum Gasteiger partial charge on any atom is 0.0931 e. The van der Waals surface area contributed by atoms with Gasteiger partial charge in [0.1, 0.15) is 0 Å². The summed E-state index contributed by atoms with van der Waals surface area (Å²) in [5.41, 5.74) is 3.93. The Hall–Kier alpha value is -0.580. The minimum atomic E-state index is 0.0713. The third kappa shape index (κ3) is 3.44. The average molecular weight is 287 g/mol. The van der Waals surface area contributed by atoms with Crippen LogP contribution in [0, 0.1) is 0 Å². The third-order valence-corrected chi connectivity index (χ3v) is 4.01. The number of hydrazine groups is 1. The van der Waals surface area contributed by atoms with Crippen molar-refractivity contribution in [1.82, 2.24) is 5.43 Å². The summed E-state index contributed by atoms with van der Waals surface area (Å²) in [6.45, 7) is 0. The molecule has 0 saturated carbocycles. The molecule has 0 bridgehead atoms. The number of rotatable bonds is 4. The van der Waals surface area contributed by atoms with E-state index >= 15 is 0 Å². The fourth-order valence-corrected chi connectivity index (χ4v) is 2.89. The highest BCUT2D eigenvalue weighted by Gasteiger charge is 2.11. The van der Waals surface area contributed by atoms with E-state index in [9.17, 15) is 0 Å². The molecule has 1 aromatic heterocycles. The normalized spacial score (nSPS) is 12.6. The third-order valence-electron chi connectivity index (χ3n) is 2.51. The minimum Gasteiger partial charge on any atom is -0.271 e. The van der Waals surface area contributed by atoms with Crippen LogP contribution in [0.4, 0.5) is 0 Å². The molecule has 0 amide bonds. The van der Waals surface area contributed by atoms with E-state index in [0.717, 1.165) is 21.3 Å². The number of hydrogen-bond donors (Lipinski definition) is 2. The smallest absolute Gasteiger partial charge is 0.0931 e. The van der Waals surface area contributed by atoms with Crippen LogP contribution in [0.1, 0.15) is 16.5 Å². The van der Waals surface area contributed by atoms with Crippen molar-refractivity contribution < 1.29 is 0 Å². The summed E-state index contributed by atoms with van der Waals surface area (Å²) in [7, 11) is 0. The SMILES string of the molecule is NNC(Cc1ccc(Cl)s1)c1ccc(Cl)cc1. The van der Waals surface area contributed by atoms with Gasteiger partial charge in [0.25, 0.3) is 0 Å². The summed E-state index contributed by atoms with van der Waals surface area (Å²) in [4.78, 5) is 1.20. The van der Waals surface area contributed by atoms with Crippen molar-refractivity contribution in [2.75, 3.05) is 0 Å². The summed E-state index contributed by atoms with van der Waals surface area (Å²) in [6, 6.07) is 11.7. The zero-order valence-corrected chi connectivity index (χ0v) is 11.3. The van der Waals surface area contributed by atoms with Crippen molar-refractivity contribution in [1.29, 1.82) is 0 Å². The summed E-state index contributed by atoms with van der Waals surface area (Å²) in [6.07, 6.45) is 0.815. The van der Waals surface area contributed by atoms with Gasteiger partial charge in [0.05, 0.1) is 10.4 Å². The van der Waals surface area contributed by atoms with E-state index in [-0.39, 0.29) is 6.04 Å². The topological polar surface area (TPSA) is 38.0 Å². The van der Waals surface area contributed by atoms with Crippen LogP contribution < -0.4 is 11.3 Å². The number of nitrogens with two attached hydrogens (primary N) is 1. The first-order valence-corrected chi connectivity index (χ1v) is 6.72. The molecule has 17 heavy (non-hydrogen) atoms. The quantitative estimate of drug-likeness (QED) is 0.663. The van der Waals surface area contributed by atoms with E-state index in [2.05, 4.69) is 5.43 Å². The van der Waals surface area contributed by atoms with Gasteiger partial charge in [0.2, 0.25) is 0 Å². The highest BCUT2D eigenvalue weighted by Crippen LogP contribution is 2.26. The second kappa shape index (κ2) is 5.85. The van der Waals surface area contributed by atoms with E-state index in [1.807, 2.05) is 36.4 Å². The molecule has 2 rings (SSSR count). The largest absolute Gasteiger partial charge is 0.271 e. The Morgan fingerprint density at radius 2 is 1.82 bits per heavy atom. The maximum atomic E-state index is 5.90. The molecule has 0 aliphatic heterocycles. The van der Waals surface area contributed by atoms with Gasteiger partial charge in [-0.05, 0) is 29.8 Å². The van der Waals surface area contributed by atoms with Crippen LogP contribution >= 0.6 is 34.5 Å². The predicted molar refractivity (Wildman–Crippen MR) is 74.5 cm³/mol. The van der Waals surface area contributed by atoms with E-state index in [0.29, 0.717) is 0 Å². The van der Waals surface area contributed by atoms with E-state index in [1.165, 1.54) is 4.88 Å². The lowest BCUT2D eigenvalue weighted by Crippen LogP contribution is -2.29. The highest BCUT2D eigenvalue weighted by atomic mass is 35.5. The van der Waals surface area contributed by atoms with Gasteiger partial charge < -0.3 is 0 Å². The molecule has 1 atom stereocenters. The van der Waals surface area contributed by atoms with Crippen molar-refractivity contribution in [3.05, 3.63) is 56.2 Å². The van der Waals surface area contributed by atoms with Gasteiger partial charge in [-0.25, -0.2) is 0 Å². The molecule has 0 aliphatic rings. The monoisotopic (exact) mass is 286 g/mol. The number of thiophene rings is 1. The standard InChI is InChI=1S/C12H12Cl2N2S/c13-9-3-1-8(2-4-9)11(16-15)7-10-5-6-12(14)17-10/h1-6,11,16H,7,15H2. The van der Waals surface area contributed by atoms with Crippen molar-refractivity contribution in [2.24, 2.45) is 5.84 Å². The number of halogens is 2. The van der Waals surface area contributed by atoms with E-state index in [1.54, 1.807) is 11.3 Å². The molecule has 0 fully saturated rings. The fourth-order valence-electron chi connectivity index (χ4n) is 1.63. The van der Waals surface area contributed by atoms with Crippen LogP contribution in [-0.2, 0) is 6.42 Å².